The van der Waals surface area contributed by atoms with E-state index >= 15 is 0 Å². The molecule has 4 N–H and O–H groups in total. The number of benzene rings is 3. The molecule has 7 heteroatoms. The number of carbonyl (C=O) groups excluding carboxylic acids is 1. The number of nitrogens with two attached hydrogens (primary N) is 2. The monoisotopic (exact) mass is 385 g/mol. The van der Waals surface area contributed by atoms with Crippen molar-refractivity contribution in [3.05, 3.63) is 78.0 Å². The lowest BCUT2D eigenvalue weighted by molar-refractivity contribution is 0.0966. The summed E-state index contributed by atoms with van der Waals surface area (Å²) in [6, 6.07) is 19.0. The van der Waals surface area contributed by atoms with Crippen LogP contribution in [0.25, 0.3) is 21.7 Å². The van der Waals surface area contributed by atoms with Gasteiger partial charge in [0.05, 0.1) is 18.8 Å². The van der Waals surface area contributed by atoms with Gasteiger partial charge in [0.2, 0.25) is 5.96 Å². The largest absolute Gasteiger partial charge is 0.497 e. The Morgan fingerprint density at radius 3 is 2.62 bits per heavy atom. The molecule has 0 amide bonds. The molecule has 1 aromatic heterocycles. The molecule has 4 aromatic rings. The molecule has 144 valence electrons. The van der Waals surface area contributed by atoms with Crippen molar-refractivity contribution in [2.45, 2.75) is 0 Å². The van der Waals surface area contributed by atoms with E-state index in [9.17, 15) is 4.79 Å². The van der Waals surface area contributed by atoms with Gasteiger partial charge in [-0.15, -0.1) is 5.10 Å². The van der Waals surface area contributed by atoms with Crippen LogP contribution in [0.1, 0.15) is 15.9 Å². The van der Waals surface area contributed by atoms with Crippen molar-refractivity contribution in [2.75, 3.05) is 7.11 Å². The second kappa shape index (κ2) is 7.47. The fourth-order valence-corrected chi connectivity index (χ4v) is 3.33. The first kappa shape index (κ1) is 18.2. The molecule has 0 aliphatic heterocycles. The highest BCUT2D eigenvalue weighted by molar-refractivity contribution is 6.13. The van der Waals surface area contributed by atoms with Crippen molar-refractivity contribution < 1.29 is 9.53 Å². The molecule has 0 fully saturated rings. The maximum Gasteiger partial charge on any atom is 0.263 e. The van der Waals surface area contributed by atoms with Crippen LogP contribution in [-0.4, -0.2) is 29.8 Å². The van der Waals surface area contributed by atoms with Gasteiger partial charge in [-0.2, -0.15) is 5.10 Å². The van der Waals surface area contributed by atoms with Crippen LogP contribution in [0.4, 0.5) is 0 Å². The van der Waals surface area contributed by atoms with E-state index in [-0.39, 0.29) is 11.9 Å². The van der Waals surface area contributed by atoms with Crippen LogP contribution < -0.4 is 16.2 Å². The molecule has 3 aromatic carbocycles. The number of hydrogen-bond donors (Lipinski definition) is 2. The number of fused-ring (bicyclic) bond motifs is 2. The molecule has 0 aliphatic carbocycles. The zero-order valence-corrected chi connectivity index (χ0v) is 15.7. The van der Waals surface area contributed by atoms with Crippen molar-refractivity contribution in [2.24, 2.45) is 21.7 Å². The Kier molecular flexibility index (Phi) is 4.70. The van der Waals surface area contributed by atoms with E-state index < -0.39 is 0 Å². The topological polar surface area (TPSA) is 108 Å². The lowest BCUT2D eigenvalue weighted by atomic mass is 10.0. The molecule has 0 spiro atoms. The van der Waals surface area contributed by atoms with Crippen LogP contribution >= 0.6 is 0 Å². The third-order valence-electron chi connectivity index (χ3n) is 4.65. The molecule has 0 atom stereocenters. The van der Waals surface area contributed by atoms with Crippen LogP contribution in [-0.2, 0) is 0 Å². The predicted molar refractivity (Wildman–Crippen MR) is 116 cm³/mol. The fourth-order valence-electron chi connectivity index (χ4n) is 3.33. The van der Waals surface area contributed by atoms with Crippen molar-refractivity contribution in [3.63, 3.8) is 0 Å². The number of methoxy groups -OCH3 is 1. The average Bonchev–Trinajstić information content (AvgIpc) is 3.10. The number of guanidine groups is 1. The van der Waals surface area contributed by atoms with Gasteiger partial charge in [-0.3, -0.25) is 9.36 Å². The highest BCUT2D eigenvalue weighted by Crippen LogP contribution is 2.27. The molecule has 1 heterocycles. The summed E-state index contributed by atoms with van der Waals surface area (Å²) in [5.74, 6) is 0.386. The summed E-state index contributed by atoms with van der Waals surface area (Å²) in [5.41, 5.74) is 12.7. The molecular formula is C22H19N5O2. The van der Waals surface area contributed by atoms with Crippen molar-refractivity contribution in [1.29, 1.82) is 0 Å². The number of rotatable bonds is 4. The molecule has 7 nitrogen and oxygen atoms in total. The zero-order valence-electron chi connectivity index (χ0n) is 15.7. The van der Waals surface area contributed by atoms with Crippen LogP contribution in [0.5, 0.6) is 5.75 Å². The zero-order chi connectivity index (χ0) is 20.4. The van der Waals surface area contributed by atoms with Crippen LogP contribution in [0.15, 0.2) is 77.1 Å². The highest BCUT2D eigenvalue weighted by Gasteiger charge is 2.17. The van der Waals surface area contributed by atoms with Crippen LogP contribution in [0, 0.1) is 0 Å². The number of hydrogen-bond acceptors (Lipinski definition) is 4. The summed E-state index contributed by atoms with van der Waals surface area (Å²) in [7, 11) is 1.59. The third kappa shape index (κ3) is 3.41. The summed E-state index contributed by atoms with van der Waals surface area (Å²) in [6.07, 6.45) is 3.23. The van der Waals surface area contributed by atoms with Gasteiger partial charge in [-0.25, -0.2) is 0 Å². The van der Waals surface area contributed by atoms with E-state index in [0.29, 0.717) is 16.9 Å². The Labute approximate surface area is 166 Å². The molecule has 0 saturated carbocycles. The molecule has 29 heavy (non-hydrogen) atoms. The Bertz CT molecular complexity index is 1280. The summed E-state index contributed by atoms with van der Waals surface area (Å²) in [4.78, 5) is 13.4. The molecule has 0 radical (unpaired) electrons. The fraction of sp³-hybridized carbons (Fsp3) is 0.0455. The van der Waals surface area contributed by atoms with Crippen LogP contribution in [0.2, 0.25) is 0 Å². The minimum Gasteiger partial charge on any atom is -0.497 e. The van der Waals surface area contributed by atoms with Crippen molar-refractivity contribution in [3.8, 4) is 5.75 Å². The van der Waals surface area contributed by atoms with Gasteiger partial charge in [0.1, 0.15) is 5.75 Å². The van der Waals surface area contributed by atoms with E-state index in [1.165, 1.54) is 6.21 Å². The second-order valence-corrected chi connectivity index (χ2v) is 6.44. The molecular weight excluding hydrogens is 366 g/mol. The minimum absolute atomic E-state index is 0.140. The first-order chi connectivity index (χ1) is 14.1. The van der Waals surface area contributed by atoms with Crippen molar-refractivity contribution in [1.82, 2.24) is 4.57 Å². The summed E-state index contributed by atoms with van der Waals surface area (Å²) >= 11 is 0. The molecule has 0 bridgehead atoms. The summed E-state index contributed by atoms with van der Waals surface area (Å²) in [5, 5.41) is 10.2. The normalized spacial score (nSPS) is 11.2. The molecule has 0 saturated heterocycles. The SMILES string of the molecule is COc1ccc2c(c1)c(/C=N/N=C(N)N)cn2C(=O)c1cccc2ccccc12. The number of ether oxygens (including phenoxy) is 1. The van der Waals surface area contributed by atoms with Gasteiger partial charge < -0.3 is 16.2 Å². The first-order valence-electron chi connectivity index (χ1n) is 8.92. The quantitative estimate of drug-likeness (QED) is 0.320. The highest BCUT2D eigenvalue weighted by atomic mass is 16.5. The molecule has 0 unspecified atom stereocenters. The second-order valence-electron chi connectivity index (χ2n) is 6.44. The Balaban J connectivity index is 1.90. The smallest absolute Gasteiger partial charge is 0.263 e. The van der Waals surface area contributed by atoms with Gasteiger partial charge in [0.25, 0.3) is 5.91 Å². The number of carbonyl (C=O) groups is 1. The Morgan fingerprint density at radius 1 is 1.03 bits per heavy atom. The third-order valence-corrected chi connectivity index (χ3v) is 4.65. The predicted octanol–water partition coefficient (Wildman–Crippen LogP) is 3.10. The van der Waals surface area contributed by atoms with Gasteiger partial charge in [-0.1, -0.05) is 36.4 Å². The number of aromatic nitrogens is 1. The molecule has 0 aliphatic rings. The maximum absolute atomic E-state index is 13.4. The number of nitrogens with zero attached hydrogens (tertiary/aromatic N) is 3. The van der Waals surface area contributed by atoms with E-state index in [1.807, 2.05) is 60.7 Å². The van der Waals surface area contributed by atoms with Gasteiger partial charge in [0, 0.05) is 22.7 Å². The van der Waals surface area contributed by atoms with E-state index in [4.69, 9.17) is 16.2 Å². The van der Waals surface area contributed by atoms with Crippen molar-refractivity contribution >= 4 is 39.8 Å². The maximum atomic E-state index is 13.4. The van der Waals surface area contributed by atoms with Gasteiger partial charge in [0.15, 0.2) is 0 Å². The van der Waals surface area contributed by atoms with E-state index in [0.717, 1.165) is 21.7 Å². The average molecular weight is 385 g/mol. The van der Waals surface area contributed by atoms with Gasteiger partial charge >= 0.3 is 0 Å². The van der Waals surface area contributed by atoms with E-state index in [1.54, 1.807) is 17.9 Å². The lowest BCUT2D eigenvalue weighted by Crippen LogP contribution is -2.21. The summed E-state index contributed by atoms with van der Waals surface area (Å²) in [6.45, 7) is 0. The molecule has 4 rings (SSSR count). The van der Waals surface area contributed by atoms with Gasteiger partial charge in [-0.05, 0) is 35.0 Å². The Morgan fingerprint density at radius 2 is 1.83 bits per heavy atom. The minimum atomic E-state index is -0.144. The van der Waals surface area contributed by atoms with Crippen LogP contribution in [0.3, 0.4) is 0 Å². The Hall–Kier alpha value is -4.13. The standard InChI is InChI=1S/C22H19N5O2/c1-29-16-9-10-20-19(11-16)15(12-25-26-22(23)24)13-27(20)21(28)18-8-4-6-14-5-2-3-7-17(14)18/h2-13H,1H3,(H4,23,24,26)/b25-12+. The lowest BCUT2D eigenvalue weighted by Gasteiger charge is -2.08. The van der Waals surface area contributed by atoms with E-state index in [2.05, 4.69) is 10.2 Å². The first-order valence-corrected chi connectivity index (χ1v) is 8.92. The summed E-state index contributed by atoms with van der Waals surface area (Å²) < 4.78 is 6.93.